The summed E-state index contributed by atoms with van der Waals surface area (Å²) < 4.78 is 0. The van der Waals surface area contributed by atoms with Crippen LogP contribution in [0.1, 0.15) is 77.0 Å². The first kappa shape index (κ1) is 18.2. The van der Waals surface area contributed by atoms with Crippen molar-refractivity contribution >= 4 is 5.91 Å². The Hall–Kier alpha value is -0.650. The second kappa shape index (κ2) is 7.71. The molecule has 0 bridgehead atoms. The van der Waals surface area contributed by atoms with Crippen molar-refractivity contribution in [2.45, 2.75) is 94.3 Å². The fourth-order valence-corrected chi connectivity index (χ4v) is 4.93. The van der Waals surface area contributed by atoms with Crippen LogP contribution >= 0.6 is 0 Å². The molecule has 0 heterocycles. The highest BCUT2D eigenvalue weighted by Gasteiger charge is 2.38. The minimum Gasteiger partial charge on any atom is -0.389 e. The Bertz CT molecular complexity index is 398. The van der Waals surface area contributed by atoms with Crippen molar-refractivity contribution in [3.05, 3.63) is 0 Å². The quantitative estimate of drug-likeness (QED) is 0.663. The van der Waals surface area contributed by atoms with Crippen LogP contribution in [0.4, 0.5) is 0 Å². The van der Waals surface area contributed by atoms with Gasteiger partial charge in [-0.1, -0.05) is 38.5 Å². The Morgan fingerprint density at radius 3 is 1.79 bits per heavy atom. The summed E-state index contributed by atoms with van der Waals surface area (Å²) in [6.45, 7) is 1.31. The van der Waals surface area contributed by atoms with Gasteiger partial charge in [-0.2, -0.15) is 0 Å². The van der Waals surface area contributed by atoms with Gasteiger partial charge >= 0.3 is 0 Å². The third-order valence-electron chi connectivity index (χ3n) is 6.19. The van der Waals surface area contributed by atoms with E-state index in [4.69, 9.17) is 0 Å². The largest absolute Gasteiger partial charge is 0.389 e. The van der Waals surface area contributed by atoms with Gasteiger partial charge in [-0.25, -0.2) is 0 Å². The average Bonchev–Trinajstić information content (AvgIpc) is 3.22. The van der Waals surface area contributed by atoms with Crippen LogP contribution in [0.25, 0.3) is 0 Å². The van der Waals surface area contributed by atoms with E-state index in [0.717, 1.165) is 64.2 Å². The number of carbonyl (C=O) groups is 1. The van der Waals surface area contributed by atoms with E-state index >= 15 is 0 Å². The summed E-state index contributed by atoms with van der Waals surface area (Å²) in [6, 6.07) is 0.323. The number of hydrogen-bond donors (Lipinski definition) is 3. The van der Waals surface area contributed by atoms with Gasteiger partial charge in [0.15, 0.2) is 0 Å². The molecule has 0 aromatic carbocycles. The summed E-state index contributed by atoms with van der Waals surface area (Å²) in [6.07, 6.45) is 12.1. The zero-order valence-corrected chi connectivity index (χ0v) is 14.9. The highest BCUT2D eigenvalue weighted by Crippen LogP contribution is 2.33. The highest BCUT2D eigenvalue weighted by molar-refractivity contribution is 5.78. The van der Waals surface area contributed by atoms with Gasteiger partial charge < -0.3 is 15.5 Å². The fourth-order valence-electron chi connectivity index (χ4n) is 4.93. The minimum atomic E-state index is -0.678. The van der Waals surface area contributed by atoms with Crippen molar-refractivity contribution < 1.29 is 15.0 Å². The predicted octanol–water partition coefficient (Wildman–Crippen LogP) is 1.96. The SMILES string of the molecule is O=C(CN(CC1(O)CCCC1)CC1(O)CCCC1)NC1CCCC1. The topological polar surface area (TPSA) is 72.8 Å². The lowest BCUT2D eigenvalue weighted by molar-refractivity contribution is -0.124. The molecule has 3 saturated carbocycles. The van der Waals surface area contributed by atoms with Crippen molar-refractivity contribution in [3.8, 4) is 0 Å². The molecule has 1 amide bonds. The zero-order chi connectivity index (χ0) is 17.0. The molecule has 0 unspecified atom stereocenters. The van der Waals surface area contributed by atoms with Gasteiger partial charge in [-0.15, -0.1) is 0 Å². The van der Waals surface area contributed by atoms with E-state index in [-0.39, 0.29) is 5.91 Å². The molecule has 24 heavy (non-hydrogen) atoms. The first-order valence-corrected chi connectivity index (χ1v) is 9.93. The summed E-state index contributed by atoms with van der Waals surface area (Å²) in [7, 11) is 0. The number of amides is 1. The standard InChI is InChI=1S/C19H34N2O3/c22-17(20-16-7-1-2-8-16)13-21(14-18(23)9-3-4-10-18)15-19(24)11-5-6-12-19/h16,23-24H,1-15H2,(H,20,22). The summed E-state index contributed by atoms with van der Waals surface area (Å²) in [5.74, 6) is 0.0464. The number of carbonyl (C=O) groups excluding carboxylic acids is 1. The van der Waals surface area contributed by atoms with E-state index in [1.807, 2.05) is 4.90 Å². The van der Waals surface area contributed by atoms with Gasteiger partial charge in [0, 0.05) is 19.1 Å². The van der Waals surface area contributed by atoms with E-state index in [1.165, 1.54) is 12.8 Å². The lowest BCUT2D eigenvalue weighted by Crippen LogP contribution is -2.51. The smallest absolute Gasteiger partial charge is 0.234 e. The van der Waals surface area contributed by atoms with Gasteiger partial charge in [0.05, 0.1) is 17.7 Å². The highest BCUT2D eigenvalue weighted by atomic mass is 16.3. The number of rotatable bonds is 7. The van der Waals surface area contributed by atoms with Crippen LogP contribution in [-0.4, -0.2) is 57.9 Å². The molecule has 0 atom stereocenters. The van der Waals surface area contributed by atoms with Gasteiger partial charge in [0.1, 0.15) is 0 Å². The van der Waals surface area contributed by atoms with Gasteiger partial charge in [-0.05, 0) is 38.5 Å². The summed E-state index contributed by atoms with van der Waals surface area (Å²) in [4.78, 5) is 14.5. The third-order valence-corrected chi connectivity index (χ3v) is 6.19. The van der Waals surface area contributed by atoms with Crippen LogP contribution in [0.3, 0.4) is 0 Å². The van der Waals surface area contributed by atoms with Crippen molar-refractivity contribution in [2.24, 2.45) is 0 Å². The second-order valence-electron chi connectivity index (χ2n) is 8.56. The van der Waals surface area contributed by atoms with Gasteiger partial charge in [0.25, 0.3) is 0 Å². The molecule has 5 nitrogen and oxygen atoms in total. The molecule has 138 valence electrons. The predicted molar refractivity (Wildman–Crippen MR) is 93.7 cm³/mol. The minimum absolute atomic E-state index is 0.0464. The summed E-state index contributed by atoms with van der Waals surface area (Å²) >= 11 is 0. The Balaban J connectivity index is 1.58. The molecule has 5 heteroatoms. The zero-order valence-electron chi connectivity index (χ0n) is 14.9. The van der Waals surface area contributed by atoms with E-state index in [9.17, 15) is 15.0 Å². The van der Waals surface area contributed by atoms with E-state index in [0.29, 0.717) is 25.7 Å². The maximum atomic E-state index is 12.4. The van der Waals surface area contributed by atoms with Crippen molar-refractivity contribution in [1.82, 2.24) is 10.2 Å². The number of aliphatic hydroxyl groups is 2. The lowest BCUT2D eigenvalue weighted by atomic mass is 9.98. The third kappa shape index (κ3) is 4.93. The molecule has 0 aliphatic heterocycles. The van der Waals surface area contributed by atoms with E-state index in [2.05, 4.69) is 5.32 Å². The second-order valence-corrected chi connectivity index (χ2v) is 8.56. The Morgan fingerprint density at radius 2 is 1.33 bits per heavy atom. The van der Waals surface area contributed by atoms with Crippen LogP contribution < -0.4 is 5.32 Å². The number of nitrogens with zero attached hydrogens (tertiary/aromatic N) is 1. The van der Waals surface area contributed by atoms with Crippen molar-refractivity contribution in [1.29, 1.82) is 0 Å². The first-order chi connectivity index (χ1) is 11.5. The molecule has 3 aliphatic carbocycles. The molecule has 0 aromatic rings. The molecule has 3 rings (SSSR count). The van der Waals surface area contributed by atoms with Crippen LogP contribution in [0.2, 0.25) is 0 Å². The molecular weight excluding hydrogens is 304 g/mol. The van der Waals surface area contributed by atoms with Gasteiger partial charge in [-0.3, -0.25) is 9.69 Å². The molecule has 0 aromatic heterocycles. The first-order valence-electron chi connectivity index (χ1n) is 9.93. The van der Waals surface area contributed by atoms with Gasteiger partial charge in [0.2, 0.25) is 5.91 Å². The van der Waals surface area contributed by atoms with E-state index < -0.39 is 11.2 Å². The van der Waals surface area contributed by atoms with Crippen molar-refractivity contribution in [3.63, 3.8) is 0 Å². The normalized spacial score (nSPS) is 26.3. The molecular formula is C19H34N2O3. The average molecular weight is 338 g/mol. The maximum absolute atomic E-state index is 12.4. The van der Waals surface area contributed by atoms with Crippen LogP contribution in [0, 0.1) is 0 Å². The van der Waals surface area contributed by atoms with Crippen LogP contribution in [0.15, 0.2) is 0 Å². The fraction of sp³-hybridized carbons (Fsp3) is 0.947. The monoisotopic (exact) mass is 338 g/mol. The Kier molecular flexibility index (Phi) is 5.83. The van der Waals surface area contributed by atoms with Crippen LogP contribution in [0.5, 0.6) is 0 Å². The Morgan fingerprint density at radius 1 is 0.875 bits per heavy atom. The molecule has 3 fully saturated rings. The molecule has 0 spiro atoms. The van der Waals surface area contributed by atoms with E-state index in [1.54, 1.807) is 0 Å². The summed E-state index contributed by atoms with van der Waals surface area (Å²) in [5, 5.41) is 24.7. The van der Waals surface area contributed by atoms with Crippen molar-refractivity contribution in [2.75, 3.05) is 19.6 Å². The maximum Gasteiger partial charge on any atom is 0.234 e. The number of nitrogens with one attached hydrogen (secondary N) is 1. The molecule has 0 radical (unpaired) electrons. The Labute approximate surface area is 145 Å². The summed E-state index contributed by atoms with van der Waals surface area (Å²) in [5.41, 5.74) is -1.36. The lowest BCUT2D eigenvalue weighted by Gasteiger charge is -2.36. The molecule has 0 saturated heterocycles. The van der Waals surface area contributed by atoms with Crippen LogP contribution in [-0.2, 0) is 4.79 Å². The number of hydrogen-bond acceptors (Lipinski definition) is 4. The molecule has 3 aliphatic rings. The molecule has 3 N–H and O–H groups in total.